The van der Waals surface area contributed by atoms with Crippen LogP contribution in [0.2, 0.25) is 0 Å². The summed E-state index contributed by atoms with van der Waals surface area (Å²) < 4.78 is 39.8. The number of aromatic nitrogens is 2. The highest BCUT2D eigenvalue weighted by atomic mass is 79.9. The van der Waals surface area contributed by atoms with E-state index in [4.69, 9.17) is 12.2 Å². The van der Waals surface area contributed by atoms with Crippen LogP contribution in [0.15, 0.2) is 34.8 Å². The minimum Gasteiger partial charge on any atom is -0.293 e. The third kappa shape index (κ3) is 3.02. The van der Waals surface area contributed by atoms with Crippen molar-refractivity contribution < 1.29 is 13.2 Å². The van der Waals surface area contributed by atoms with Gasteiger partial charge in [0.1, 0.15) is 10.3 Å². The molecule has 0 atom stereocenters. The van der Waals surface area contributed by atoms with E-state index in [1.807, 2.05) is 24.3 Å². The molecule has 0 saturated heterocycles. The molecule has 7 heteroatoms. The molecule has 1 aromatic carbocycles. The van der Waals surface area contributed by atoms with Crippen LogP contribution in [0.3, 0.4) is 0 Å². The van der Waals surface area contributed by atoms with Gasteiger partial charge in [-0.1, -0.05) is 40.3 Å². The minimum absolute atomic E-state index is 0.130. The van der Waals surface area contributed by atoms with Crippen LogP contribution in [0.4, 0.5) is 13.2 Å². The van der Waals surface area contributed by atoms with Gasteiger partial charge in [0.15, 0.2) is 0 Å². The molecule has 0 fully saturated rings. The summed E-state index contributed by atoms with van der Waals surface area (Å²) in [7, 11) is 0. The molecule has 2 rings (SSSR count). The maximum absolute atomic E-state index is 12.5. The molecule has 1 N–H and O–H groups in total. The molecular formula is C11H8BrF3N2S. The maximum Gasteiger partial charge on any atom is 0.432 e. The average molecular weight is 337 g/mol. The summed E-state index contributed by atoms with van der Waals surface area (Å²) in [4.78, 5) is 0. The van der Waals surface area contributed by atoms with Crippen LogP contribution < -0.4 is 0 Å². The van der Waals surface area contributed by atoms with Crippen molar-refractivity contribution in [3.05, 3.63) is 50.7 Å². The molecule has 0 aliphatic rings. The first kappa shape index (κ1) is 13.4. The summed E-state index contributed by atoms with van der Waals surface area (Å²) in [6.45, 7) is 0.280. The van der Waals surface area contributed by atoms with Gasteiger partial charge in [-0.15, -0.1) is 0 Å². The summed E-state index contributed by atoms with van der Waals surface area (Å²) in [6.07, 6.45) is -4.40. The van der Waals surface area contributed by atoms with Gasteiger partial charge in [0, 0.05) is 10.5 Å². The lowest BCUT2D eigenvalue weighted by Crippen LogP contribution is -2.08. The Hall–Kier alpha value is -1.08. The summed E-state index contributed by atoms with van der Waals surface area (Å²) in [6, 6.07) is 8.22. The first-order valence-corrected chi connectivity index (χ1v) is 6.18. The van der Waals surface area contributed by atoms with E-state index in [-0.39, 0.29) is 11.2 Å². The number of hydrogen-bond acceptors (Lipinski definition) is 1. The smallest absolute Gasteiger partial charge is 0.293 e. The topological polar surface area (TPSA) is 20.7 Å². The predicted molar refractivity (Wildman–Crippen MR) is 67.9 cm³/mol. The lowest BCUT2D eigenvalue weighted by Gasteiger charge is -2.05. The molecule has 0 unspecified atom stereocenters. The molecule has 18 heavy (non-hydrogen) atoms. The third-order valence-corrected chi connectivity index (χ3v) is 3.22. The fraction of sp³-hybridized carbons (Fsp3) is 0.182. The van der Waals surface area contributed by atoms with Crippen LogP contribution in [-0.4, -0.2) is 9.78 Å². The van der Waals surface area contributed by atoms with Gasteiger partial charge in [-0.3, -0.25) is 9.78 Å². The molecule has 1 aromatic heterocycles. The molecule has 2 nitrogen and oxygen atoms in total. The van der Waals surface area contributed by atoms with Crippen LogP contribution in [0.25, 0.3) is 0 Å². The third-order valence-electron chi connectivity index (χ3n) is 2.35. The van der Waals surface area contributed by atoms with Gasteiger partial charge in [-0.05, 0) is 17.7 Å². The first-order chi connectivity index (χ1) is 8.36. The normalized spacial score (nSPS) is 11.8. The molecule has 0 aliphatic carbocycles. The summed E-state index contributed by atoms with van der Waals surface area (Å²) >= 11 is 8.18. The number of H-pyrrole nitrogens is 1. The Morgan fingerprint density at radius 2 is 1.83 bits per heavy atom. The summed E-state index contributed by atoms with van der Waals surface area (Å²) in [5.41, 5.74) is 0.0366. The quantitative estimate of drug-likeness (QED) is 0.807. The largest absolute Gasteiger partial charge is 0.432 e. The van der Waals surface area contributed by atoms with E-state index in [0.29, 0.717) is 0 Å². The lowest BCUT2D eigenvalue weighted by atomic mass is 10.2. The highest BCUT2D eigenvalue weighted by Crippen LogP contribution is 2.27. The zero-order chi connectivity index (χ0) is 13.3. The maximum atomic E-state index is 12.5. The Labute approximate surface area is 115 Å². The minimum atomic E-state index is -4.40. The van der Waals surface area contributed by atoms with Gasteiger partial charge in [0.2, 0.25) is 0 Å². The van der Waals surface area contributed by atoms with Crippen molar-refractivity contribution in [1.82, 2.24) is 9.78 Å². The van der Waals surface area contributed by atoms with Crippen molar-refractivity contribution in [2.24, 2.45) is 0 Å². The molecule has 1 heterocycles. The number of benzene rings is 1. The second kappa shape index (κ2) is 4.89. The number of alkyl halides is 3. The van der Waals surface area contributed by atoms with Crippen LogP contribution in [-0.2, 0) is 12.7 Å². The van der Waals surface area contributed by atoms with E-state index in [1.54, 1.807) is 0 Å². The number of aromatic amines is 1. The highest BCUT2D eigenvalue weighted by Gasteiger charge is 2.32. The van der Waals surface area contributed by atoms with Crippen molar-refractivity contribution in [2.75, 3.05) is 0 Å². The predicted octanol–water partition coefficient (Wildman–Crippen LogP) is 4.38. The molecule has 96 valence electrons. The molecule has 0 radical (unpaired) electrons. The van der Waals surface area contributed by atoms with Gasteiger partial charge in [0.25, 0.3) is 0 Å². The lowest BCUT2D eigenvalue weighted by molar-refractivity contribution is -0.141. The van der Waals surface area contributed by atoms with E-state index < -0.39 is 11.9 Å². The number of nitrogens with one attached hydrogen (secondary N) is 1. The van der Waals surface area contributed by atoms with E-state index in [2.05, 4.69) is 21.0 Å². The molecule has 0 aliphatic heterocycles. The monoisotopic (exact) mass is 336 g/mol. The molecule has 0 spiro atoms. The van der Waals surface area contributed by atoms with Gasteiger partial charge < -0.3 is 0 Å². The van der Waals surface area contributed by atoms with Crippen molar-refractivity contribution in [3.63, 3.8) is 0 Å². The van der Waals surface area contributed by atoms with E-state index in [0.717, 1.165) is 16.1 Å². The van der Waals surface area contributed by atoms with Crippen LogP contribution >= 0.6 is 28.1 Å². The standard InChI is InChI=1S/C11H8BrF3N2S/c12-8-3-1-7(2-4-8)6-17-10(18)5-9(16-17)11(13,14)15/h1-5,16H,6H2. The number of halogens is 4. The highest BCUT2D eigenvalue weighted by molar-refractivity contribution is 9.10. The van der Waals surface area contributed by atoms with Gasteiger partial charge >= 0.3 is 6.18 Å². The van der Waals surface area contributed by atoms with Gasteiger partial charge in [-0.2, -0.15) is 13.2 Å². The van der Waals surface area contributed by atoms with E-state index in [1.165, 1.54) is 4.68 Å². The molecule has 0 amide bonds. The summed E-state index contributed by atoms with van der Waals surface area (Å²) in [5, 5.41) is 2.26. The zero-order valence-corrected chi connectivity index (χ0v) is 11.4. The van der Waals surface area contributed by atoms with E-state index in [9.17, 15) is 13.2 Å². The fourth-order valence-corrected chi connectivity index (χ4v) is 1.96. The van der Waals surface area contributed by atoms with Crippen LogP contribution in [0, 0.1) is 4.64 Å². The number of hydrogen-bond donors (Lipinski definition) is 1. The van der Waals surface area contributed by atoms with Gasteiger partial charge in [-0.25, -0.2) is 0 Å². The average Bonchev–Trinajstić information content (AvgIpc) is 2.63. The van der Waals surface area contributed by atoms with Crippen LogP contribution in [0.5, 0.6) is 0 Å². The van der Waals surface area contributed by atoms with Crippen molar-refractivity contribution in [1.29, 1.82) is 0 Å². The first-order valence-electron chi connectivity index (χ1n) is 4.98. The molecular weight excluding hydrogens is 329 g/mol. The van der Waals surface area contributed by atoms with Crippen molar-refractivity contribution in [3.8, 4) is 0 Å². The SMILES string of the molecule is FC(F)(F)c1cc(=S)n(Cc2ccc(Br)cc2)[nH]1. The van der Waals surface area contributed by atoms with Gasteiger partial charge in [0.05, 0.1) is 6.54 Å². The second-order valence-corrected chi connectivity index (χ2v) is 5.05. The number of rotatable bonds is 2. The van der Waals surface area contributed by atoms with E-state index >= 15 is 0 Å². The van der Waals surface area contributed by atoms with Crippen molar-refractivity contribution >= 4 is 28.1 Å². The Bertz CT molecular complexity index is 598. The molecule has 0 bridgehead atoms. The molecule has 2 aromatic rings. The Morgan fingerprint density at radius 3 is 2.33 bits per heavy atom. The Kier molecular flexibility index (Phi) is 3.63. The zero-order valence-electron chi connectivity index (χ0n) is 8.96. The Morgan fingerprint density at radius 1 is 1.22 bits per heavy atom. The second-order valence-electron chi connectivity index (χ2n) is 3.72. The van der Waals surface area contributed by atoms with Crippen LogP contribution in [0.1, 0.15) is 11.3 Å². The fourth-order valence-electron chi connectivity index (χ4n) is 1.47. The molecule has 0 saturated carbocycles. The Balaban J connectivity index is 2.27. The number of nitrogens with zero attached hydrogens (tertiary/aromatic N) is 1. The van der Waals surface area contributed by atoms with Crippen molar-refractivity contribution in [2.45, 2.75) is 12.7 Å². The summed E-state index contributed by atoms with van der Waals surface area (Å²) in [5.74, 6) is 0.